The molecule has 0 radical (unpaired) electrons. The number of nitrogens with zero attached hydrogens (tertiary/aromatic N) is 1. The van der Waals surface area contributed by atoms with Crippen LogP contribution >= 0.6 is 0 Å². The van der Waals surface area contributed by atoms with Crippen LogP contribution in [0, 0.1) is 5.82 Å². The zero-order valence-corrected chi connectivity index (χ0v) is 10.6. The van der Waals surface area contributed by atoms with E-state index in [1.807, 2.05) is 12.1 Å². The van der Waals surface area contributed by atoms with E-state index in [4.69, 9.17) is 5.73 Å². The molecule has 5 heteroatoms. The van der Waals surface area contributed by atoms with Gasteiger partial charge in [-0.3, -0.25) is 4.79 Å². The molecule has 0 aromatic heterocycles. The summed E-state index contributed by atoms with van der Waals surface area (Å²) in [5.74, 6) is -1.32. The van der Waals surface area contributed by atoms with Crippen LogP contribution in [0.25, 0.3) is 0 Å². The Bertz CT molecular complexity index is 700. The molecule has 0 spiro atoms. The second-order valence-corrected chi connectivity index (χ2v) is 4.72. The van der Waals surface area contributed by atoms with E-state index >= 15 is 0 Å². The van der Waals surface area contributed by atoms with E-state index in [-0.39, 0.29) is 17.2 Å². The lowest BCUT2D eigenvalue weighted by atomic mass is 10.1. The quantitative estimate of drug-likeness (QED) is 0.783. The van der Waals surface area contributed by atoms with Crippen molar-refractivity contribution in [1.29, 1.82) is 0 Å². The summed E-state index contributed by atoms with van der Waals surface area (Å²) in [6, 6.07) is 8.86. The molecule has 102 valence electrons. The van der Waals surface area contributed by atoms with E-state index in [2.05, 4.69) is 0 Å². The number of phenols is 1. The second kappa shape index (κ2) is 4.52. The molecule has 1 heterocycles. The number of para-hydroxylation sites is 1. The number of hydrogen-bond donors (Lipinski definition) is 2. The van der Waals surface area contributed by atoms with Crippen molar-refractivity contribution in [2.24, 2.45) is 0 Å². The molecule has 1 amide bonds. The van der Waals surface area contributed by atoms with Gasteiger partial charge in [-0.15, -0.1) is 0 Å². The normalized spacial score (nSPS) is 13.3. The van der Waals surface area contributed by atoms with E-state index < -0.39 is 5.82 Å². The summed E-state index contributed by atoms with van der Waals surface area (Å²) in [5.41, 5.74) is 8.20. The summed E-state index contributed by atoms with van der Waals surface area (Å²) in [6.45, 7) is 0.499. The number of amides is 1. The maximum atomic E-state index is 13.0. The first-order valence-corrected chi connectivity index (χ1v) is 6.25. The monoisotopic (exact) mass is 272 g/mol. The van der Waals surface area contributed by atoms with Gasteiger partial charge in [0.05, 0.1) is 16.9 Å². The van der Waals surface area contributed by atoms with Crippen LogP contribution in [-0.4, -0.2) is 17.6 Å². The Morgan fingerprint density at radius 1 is 1.30 bits per heavy atom. The molecular weight excluding hydrogens is 259 g/mol. The minimum atomic E-state index is -0.583. The number of halogens is 1. The third-order valence-corrected chi connectivity index (χ3v) is 3.46. The number of hydrogen-bond acceptors (Lipinski definition) is 3. The molecule has 0 saturated carbocycles. The molecule has 0 aliphatic carbocycles. The standard InChI is InChI=1S/C15H13FN2O2/c16-10-4-5-11(13(19)8-10)15(20)18-7-6-9-2-1-3-12(17)14(9)18/h1-5,8,19H,6-7,17H2. The topological polar surface area (TPSA) is 66.6 Å². The second-order valence-electron chi connectivity index (χ2n) is 4.72. The van der Waals surface area contributed by atoms with Crippen molar-refractivity contribution in [1.82, 2.24) is 0 Å². The highest BCUT2D eigenvalue weighted by atomic mass is 19.1. The van der Waals surface area contributed by atoms with Gasteiger partial charge in [0.15, 0.2) is 0 Å². The molecule has 0 saturated heterocycles. The van der Waals surface area contributed by atoms with Gasteiger partial charge in [-0.1, -0.05) is 12.1 Å². The molecule has 1 aliphatic heterocycles. The third-order valence-electron chi connectivity index (χ3n) is 3.46. The SMILES string of the molecule is Nc1cccc2c1N(C(=O)c1ccc(F)cc1O)CC2. The maximum absolute atomic E-state index is 13.0. The Kier molecular flexibility index (Phi) is 2.82. The smallest absolute Gasteiger partial charge is 0.262 e. The van der Waals surface area contributed by atoms with Gasteiger partial charge >= 0.3 is 0 Å². The van der Waals surface area contributed by atoms with Crippen LogP contribution in [0.1, 0.15) is 15.9 Å². The Balaban J connectivity index is 2.02. The number of aromatic hydroxyl groups is 1. The summed E-state index contributed by atoms with van der Waals surface area (Å²) >= 11 is 0. The zero-order chi connectivity index (χ0) is 14.3. The Morgan fingerprint density at radius 2 is 2.10 bits per heavy atom. The largest absolute Gasteiger partial charge is 0.507 e. The van der Waals surface area contributed by atoms with Gasteiger partial charge in [0.2, 0.25) is 0 Å². The molecule has 0 atom stereocenters. The lowest BCUT2D eigenvalue weighted by Gasteiger charge is -2.19. The number of carbonyl (C=O) groups excluding carboxylic acids is 1. The number of phenolic OH excluding ortho intramolecular Hbond substituents is 1. The number of rotatable bonds is 1. The predicted molar refractivity (Wildman–Crippen MR) is 74.3 cm³/mol. The average Bonchev–Trinajstić information content (AvgIpc) is 2.83. The lowest BCUT2D eigenvalue weighted by Crippen LogP contribution is -2.29. The van der Waals surface area contributed by atoms with Gasteiger partial charge in [0.1, 0.15) is 11.6 Å². The molecule has 1 aliphatic rings. The summed E-state index contributed by atoms with van der Waals surface area (Å²) < 4.78 is 13.0. The highest BCUT2D eigenvalue weighted by molar-refractivity contribution is 6.10. The summed E-state index contributed by atoms with van der Waals surface area (Å²) in [6.07, 6.45) is 0.716. The van der Waals surface area contributed by atoms with Gasteiger partial charge in [0, 0.05) is 12.6 Å². The number of carbonyl (C=O) groups is 1. The van der Waals surface area contributed by atoms with Crippen molar-refractivity contribution in [2.45, 2.75) is 6.42 Å². The van der Waals surface area contributed by atoms with Gasteiger partial charge in [-0.05, 0) is 30.2 Å². The van der Waals surface area contributed by atoms with Crippen molar-refractivity contribution >= 4 is 17.3 Å². The molecule has 2 aromatic rings. The minimum Gasteiger partial charge on any atom is -0.507 e. The van der Waals surface area contributed by atoms with Crippen LogP contribution in [-0.2, 0) is 6.42 Å². The van der Waals surface area contributed by atoms with Gasteiger partial charge in [-0.25, -0.2) is 4.39 Å². The summed E-state index contributed by atoms with van der Waals surface area (Å²) in [4.78, 5) is 14.0. The fourth-order valence-electron chi connectivity index (χ4n) is 2.52. The summed E-state index contributed by atoms with van der Waals surface area (Å²) in [7, 11) is 0. The molecule has 3 rings (SSSR count). The van der Waals surface area contributed by atoms with E-state index in [1.54, 1.807) is 6.07 Å². The van der Waals surface area contributed by atoms with Crippen LogP contribution < -0.4 is 10.6 Å². The number of nitrogens with two attached hydrogens (primary N) is 1. The molecule has 0 unspecified atom stereocenters. The highest BCUT2D eigenvalue weighted by Crippen LogP contribution is 2.35. The highest BCUT2D eigenvalue weighted by Gasteiger charge is 2.28. The molecule has 0 fully saturated rings. The van der Waals surface area contributed by atoms with Gasteiger partial charge in [-0.2, -0.15) is 0 Å². The first kappa shape index (κ1) is 12.5. The van der Waals surface area contributed by atoms with Crippen LogP contribution in [0.4, 0.5) is 15.8 Å². The lowest BCUT2D eigenvalue weighted by molar-refractivity contribution is 0.0987. The predicted octanol–water partition coefficient (Wildman–Crippen LogP) is 2.32. The van der Waals surface area contributed by atoms with E-state index in [0.717, 1.165) is 17.7 Å². The Morgan fingerprint density at radius 3 is 2.85 bits per heavy atom. The third kappa shape index (κ3) is 1.87. The maximum Gasteiger partial charge on any atom is 0.262 e. The van der Waals surface area contributed by atoms with E-state index in [9.17, 15) is 14.3 Å². The molecule has 0 bridgehead atoms. The Labute approximate surface area is 115 Å². The van der Waals surface area contributed by atoms with Gasteiger partial charge in [0.25, 0.3) is 5.91 Å². The zero-order valence-electron chi connectivity index (χ0n) is 10.6. The number of anilines is 2. The first-order valence-electron chi connectivity index (χ1n) is 6.25. The number of benzene rings is 2. The number of fused-ring (bicyclic) bond motifs is 1. The average molecular weight is 272 g/mol. The first-order chi connectivity index (χ1) is 9.58. The van der Waals surface area contributed by atoms with E-state index in [1.165, 1.54) is 11.0 Å². The van der Waals surface area contributed by atoms with E-state index in [0.29, 0.717) is 24.3 Å². The molecule has 20 heavy (non-hydrogen) atoms. The number of nitrogen functional groups attached to an aromatic ring is 1. The molecular formula is C15H13FN2O2. The Hall–Kier alpha value is -2.56. The van der Waals surface area contributed by atoms with Crippen molar-refractivity contribution < 1.29 is 14.3 Å². The molecule has 3 N–H and O–H groups in total. The fraction of sp³-hybridized carbons (Fsp3) is 0.133. The van der Waals surface area contributed by atoms with Crippen molar-refractivity contribution in [3.05, 3.63) is 53.3 Å². The van der Waals surface area contributed by atoms with Crippen molar-refractivity contribution in [2.75, 3.05) is 17.2 Å². The minimum absolute atomic E-state index is 0.0718. The van der Waals surface area contributed by atoms with Crippen molar-refractivity contribution in [3.8, 4) is 5.75 Å². The molecule has 2 aromatic carbocycles. The van der Waals surface area contributed by atoms with Crippen LogP contribution in [0.15, 0.2) is 36.4 Å². The van der Waals surface area contributed by atoms with Crippen molar-refractivity contribution in [3.63, 3.8) is 0 Å². The van der Waals surface area contributed by atoms with Crippen LogP contribution in [0.5, 0.6) is 5.75 Å². The fourth-order valence-corrected chi connectivity index (χ4v) is 2.52. The van der Waals surface area contributed by atoms with Gasteiger partial charge < -0.3 is 15.7 Å². The van der Waals surface area contributed by atoms with Crippen LogP contribution in [0.2, 0.25) is 0 Å². The molecule has 4 nitrogen and oxygen atoms in total. The van der Waals surface area contributed by atoms with Crippen LogP contribution in [0.3, 0.4) is 0 Å². The summed E-state index contributed by atoms with van der Waals surface area (Å²) in [5, 5.41) is 9.72.